The van der Waals surface area contributed by atoms with Gasteiger partial charge in [-0.3, -0.25) is 14.4 Å². The van der Waals surface area contributed by atoms with Crippen molar-refractivity contribution in [1.82, 2.24) is 14.8 Å². The summed E-state index contributed by atoms with van der Waals surface area (Å²) in [4.78, 5) is 40.0. The minimum absolute atomic E-state index is 0.00411. The van der Waals surface area contributed by atoms with Crippen LogP contribution in [0.4, 0.5) is 0 Å². The molecule has 0 saturated heterocycles. The lowest BCUT2D eigenvalue weighted by atomic mass is 10.1. The number of amides is 2. The highest BCUT2D eigenvalue weighted by atomic mass is 16.2. The highest BCUT2D eigenvalue weighted by Crippen LogP contribution is 2.10. The molecule has 2 aromatic rings. The van der Waals surface area contributed by atoms with Crippen molar-refractivity contribution in [2.24, 2.45) is 5.92 Å². The number of carbonyl (C=O) groups is 2. The van der Waals surface area contributed by atoms with E-state index in [9.17, 15) is 14.4 Å². The molecule has 2 amide bonds. The number of nitrogens with one attached hydrogen (secondary N) is 1. The van der Waals surface area contributed by atoms with Crippen molar-refractivity contribution in [1.29, 1.82) is 0 Å². The van der Waals surface area contributed by atoms with E-state index >= 15 is 0 Å². The molecule has 156 valence electrons. The van der Waals surface area contributed by atoms with Gasteiger partial charge in [-0.2, -0.15) is 0 Å². The summed E-state index contributed by atoms with van der Waals surface area (Å²) in [5, 5.41) is 2.80. The number of benzene rings is 1. The minimum Gasteiger partial charge on any atom is -0.352 e. The number of nitrogens with zero attached hydrogens (tertiary/aromatic N) is 2. The fraction of sp³-hybridized carbons (Fsp3) is 0.435. The van der Waals surface area contributed by atoms with Crippen molar-refractivity contribution >= 4 is 11.8 Å². The summed E-state index contributed by atoms with van der Waals surface area (Å²) in [6.45, 7) is 8.84. The van der Waals surface area contributed by atoms with Crippen LogP contribution in [-0.4, -0.2) is 41.4 Å². The first kappa shape index (κ1) is 22.4. The van der Waals surface area contributed by atoms with E-state index in [0.29, 0.717) is 19.5 Å². The summed E-state index contributed by atoms with van der Waals surface area (Å²) >= 11 is 0. The number of carbonyl (C=O) groups excluding carboxylic acids is 2. The topological polar surface area (TPSA) is 71.4 Å². The summed E-state index contributed by atoms with van der Waals surface area (Å²) in [5.41, 5.74) is 0.597. The molecular formula is C23H31N3O3. The third-order valence-corrected chi connectivity index (χ3v) is 4.64. The second-order valence-corrected chi connectivity index (χ2v) is 8.03. The van der Waals surface area contributed by atoms with Gasteiger partial charge in [0.2, 0.25) is 5.43 Å². The number of aromatic nitrogens is 1. The predicted molar refractivity (Wildman–Crippen MR) is 115 cm³/mol. The third kappa shape index (κ3) is 6.04. The Kier molecular flexibility index (Phi) is 7.76. The highest BCUT2D eigenvalue weighted by molar-refractivity contribution is 5.99. The van der Waals surface area contributed by atoms with Crippen LogP contribution in [0.5, 0.6) is 0 Å². The Balaban J connectivity index is 2.26. The molecule has 0 bridgehead atoms. The molecule has 0 aliphatic rings. The SMILES string of the molecule is CC(C)CN(C)C(=O)c1cn(C(C)C)cc(C(=O)NCCc2ccccc2)c1=O. The normalized spacial score (nSPS) is 11.0. The van der Waals surface area contributed by atoms with Crippen molar-refractivity contribution in [3.8, 4) is 0 Å². The van der Waals surface area contributed by atoms with Crippen LogP contribution in [0.1, 0.15) is 60.0 Å². The van der Waals surface area contributed by atoms with Crippen molar-refractivity contribution in [3.05, 3.63) is 69.6 Å². The molecule has 1 heterocycles. The molecule has 0 fully saturated rings. The molecule has 29 heavy (non-hydrogen) atoms. The van der Waals surface area contributed by atoms with Crippen LogP contribution in [-0.2, 0) is 6.42 Å². The average Bonchev–Trinajstić information content (AvgIpc) is 2.67. The van der Waals surface area contributed by atoms with Gasteiger partial charge in [0, 0.05) is 38.6 Å². The molecule has 0 aliphatic carbocycles. The summed E-state index contributed by atoms with van der Waals surface area (Å²) < 4.78 is 1.74. The highest BCUT2D eigenvalue weighted by Gasteiger charge is 2.22. The second-order valence-electron chi connectivity index (χ2n) is 8.03. The molecule has 0 spiro atoms. The Morgan fingerprint density at radius 1 is 1.03 bits per heavy atom. The summed E-state index contributed by atoms with van der Waals surface area (Å²) in [7, 11) is 1.67. The molecule has 2 rings (SSSR count). The maximum atomic E-state index is 12.9. The molecule has 0 atom stereocenters. The largest absolute Gasteiger partial charge is 0.352 e. The van der Waals surface area contributed by atoms with Crippen LogP contribution in [0, 0.1) is 5.92 Å². The van der Waals surface area contributed by atoms with Gasteiger partial charge >= 0.3 is 0 Å². The fourth-order valence-corrected chi connectivity index (χ4v) is 3.11. The van der Waals surface area contributed by atoms with Crippen molar-refractivity contribution in [3.63, 3.8) is 0 Å². The predicted octanol–water partition coefficient (Wildman–Crippen LogP) is 3.13. The Hall–Kier alpha value is -2.89. The van der Waals surface area contributed by atoms with Crippen molar-refractivity contribution in [2.75, 3.05) is 20.1 Å². The smallest absolute Gasteiger partial charge is 0.259 e. The van der Waals surface area contributed by atoms with Gasteiger partial charge in [0.1, 0.15) is 11.1 Å². The monoisotopic (exact) mass is 397 g/mol. The lowest BCUT2D eigenvalue weighted by molar-refractivity contribution is 0.0777. The molecule has 1 aromatic carbocycles. The number of rotatable bonds is 8. The zero-order valence-corrected chi connectivity index (χ0v) is 17.9. The number of hydrogen-bond acceptors (Lipinski definition) is 3. The first-order chi connectivity index (χ1) is 13.7. The van der Waals surface area contributed by atoms with E-state index in [1.807, 2.05) is 58.0 Å². The molecule has 1 aromatic heterocycles. The summed E-state index contributed by atoms with van der Waals surface area (Å²) in [5.74, 6) is -0.542. The Morgan fingerprint density at radius 3 is 2.24 bits per heavy atom. The van der Waals surface area contributed by atoms with Gasteiger partial charge in [0.05, 0.1) is 0 Å². The van der Waals surface area contributed by atoms with Gasteiger partial charge in [0.25, 0.3) is 11.8 Å². The van der Waals surface area contributed by atoms with Crippen LogP contribution in [0.3, 0.4) is 0 Å². The maximum absolute atomic E-state index is 12.9. The first-order valence-electron chi connectivity index (χ1n) is 10.0. The van der Waals surface area contributed by atoms with Crippen LogP contribution in [0.2, 0.25) is 0 Å². The summed E-state index contributed by atoms with van der Waals surface area (Å²) in [6.07, 6.45) is 3.75. The molecule has 0 unspecified atom stereocenters. The fourth-order valence-electron chi connectivity index (χ4n) is 3.11. The van der Waals surface area contributed by atoms with Crippen molar-refractivity contribution in [2.45, 2.75) is 40.2 Å². The molecule has 0 saturated carbocycles. The van der Waals surface area contributed by atoms with E-state index in [1.54, 1.807) is 17.8 Å². The third-order valence-electron chi connectivity index (χ3n) is 4.64. The average molecular weight is 398 g/mol. The van der Waals surface area contributed by atoms with E-state index < -0.39 is 11.3 Å². The van der Waals surface area contributed by atoms with Crippen LogP contribution in [0.25, 0.3) is 0 Å². The minimum atomic E-state index is -0.528. The van der Waals surface area contributed by atoms with Gasteiger partial charge < -0.3 is 14.8 Å². The van der Waals surface area contributed by atoms with Crippen LogP contribution >= 0.6 is 0 Å². The Bertz CT molecular complexity index is 901. The standard InChI is InChI=1S/C23H31N3O3/c1-16(2)13-25(5)23(29)20-15-26(17(3)4)14-19(21(20)27)22(28)24-12-11-18-9-7-6-8-10-18/h6-10,14-17H,11-13H2,1-5H3,(H,24,28). The van der Waals surface area contributed by atoms with E-state index in [2.05, 4.69) is 5.32 Å². The van der Waals surface area contributed by atoms with E-state index in [1.165, 1.54) is 11.1 Å². The Labute approximate surface area is 172 Å². The van der Waals surface area contributed by atoms with Gasteiger partial charge in [-0.15, -0.1) is 0 Å². The molecule has 6 nitrogen and oxygen atoms in total. The lowest BCUT2D eigenvalue weighted by Crippen LogP contribution is -2.38. The zero-order chi connectivity index (χ0) is 21.6. The number of pyridine rings is 1. The maximum Gasteiger partial charge on any atom is 0.259 e. The van der Waals surface area contributed by atoms with Gasteiger partial charge in [-0.25, -0.2) is 0 Å². The van der Waals surface area contributed by atoms with E-state index in [-0.39, 0.29) is 29.0 Å². The molecule has 0 radical (unpaired) electrons. The van der Waals surface area contributed by atoms with Gasteiger partial charge in [-0.05, 0) is 31.7 Å². The molecule has 6 heteroatoms. The van der Waals surface area contributed by atoms with Crippen LogP contribution < -0.4 is 10.7 Å². The Morgan fingerprint density at radius 2 is 1.66 bits per heavy atom. The van der Waals surface area contributed by atoms with E-state index in [4.69, 9.17) is 0 Å². The zero-order valence-electron chi connectivity index (χ0n) is 17.9. The molecule has 0 aliphatic heterocycles. The first-order valence-corrected chi connectivity index (χ1v) is 10.0. The summed E-state index contributed by atoms with van der Waals surface area (Å²) in [6, 6.07) is 9.81. The molecular weight excluding hydrogens is 366 g/mol. The lowest BCUT2D eigenvalue weighted by Gasteiger charge is -2.21. The van der Waals surface area contributed by atoms with E-state index in [0.717, 1.165) is 5.56 Å². The van der Waals surface area contributed by atoms with Gasteiger partial charge in [0.15, 0.2) is 0 Å². The quantitative estimate of drug-likeness (QED) is 0.744. The van der Waals surface area contributed by atoms with Crippen LogP contribution in [0.15, 0.2) is 47.5 Å². The van der Waals surface area contributed by atoms with Gasteiger partial charge in [-0.1, -0.05) is 44.2 Å². The number of hydrogen-bond donors (Lipinski definition) is 1. The second kappa shape index (κ2) is 10.0. The van der Waals surface area contributed by atoms with Crippen molar-refractivity contribution < 1.29 is 9.59 Å². The molecule has 1 N–H and O–H groups in total.